The van der Waals surface area contributed by atoms with E-state index in [-0.39, 0.29) is 5.91 Å². The highest BCUT2D eigenvalue weighted by Gasteiger charge is 2.25. The van der Waals surface area contributed by atoms with Crippen LogP contribution in [0.5, 0.6) is 0 Å². The molecule has 0 bridgehead atoms. The van der Waals surface area contributed by atoms with E-state index in [1.165, 1.54) is 0 Å². The number of nitrogens with one attached hydrogen (secondary N) is 1. The van der Waals surface area contributed by atoms with Crippen LogP contribution in [0, 0.1) is 12.3 Å². The highest BCUT2D eigenvalue weighted by atomic mass is 16.2. The Morgan fingerprint density at radius 2 is 1.84 bits per heavy atom. The zero-order valence-corrected chi connectivity index (χ0v) is 11.8. The first-order chi connectivity index (χ1) is 8.80. The number of rotatable bonds is 2. The molecule has 1 amide bonds. The van der Waals surface area contributed by atoms with Gasteiger partial charge >= 0.3 is 0 Å². The second-order valence-electron chi connectivity index (χ2n) is 5.48. The summed E-state index contributed by atoms with van der Waals surface area (Å²) >= 11 is 0. The van der Waals surface area contributed by atoms with Crippen LogP contribution in [0.1, 0.15) is 26.5 Å². The first-order valence-electron chi connectivity index (χ1n) is 6.00. The maximum absolute atomic E-state index is 12.1. The van der Waals surface area contributed by atoms with Gasteiger partial charge < -0.3 is 5.32 Å². The standard InChI is InChI=1S/C12H18N6O/c1-8-9(15-11(19)12(2,3)4)10(16-17(8)5)18-6-13-14-7-18/h6-7H,1-5H3,(H,15,19). The Labute approximate surface area is 111 Å². The molecule has 0 spiro atoms. The highest BCUT2D eigenvalue weighted by molar-refractivity contribution is 5.96. The van der Waals surface area contributed by atoms with Gasteiger partial charge in [0.05, 0.1) is 5.69 Å². The van der Waals surface area contributed by atoms with Gasteiger partial charge in [0.25, 0.3) is 0 Å². The molecule has 7 heteroatoms. The van der Waals surface area contributed by atoms with Gasteiger partial charge in [0, 0.05) is 12.5 Å². The number of anilines is 1. The van der Waals surface area contributed by atoms with Crippen LogP contribution in [0.15, 0.2) is 12.7 Å². The molecule has 1 N–H and O–H groups in total. The molecule has 0 aliphatic heterocycles. The lowest BCUT2D eigenvalue weighted by Gasteiger charge is -2.18. The second-order valence-corrected chi connectivity index (χ2v) is 5.48. The van der Waals surface area contributed by atoms with Gasteiger partial charge in [-0.25, -0.2) is 0 Å². The van der Waals surface area contributed by atoms with Gasteiger partial charge in [0.2, 0.25) is 5.91 Å². The summed E-state index contributed by atoms with van der Waals surface area (Å²) in [7, 11) is 1.83. The fraction of sp³-hybridized carbons (Fsp3) is 0.500. The van der Waals surface area contributed by atoms with Gasteiger partial charge in [0.15, 0.2) is 5.82 Å². The number of hydrogen-bond acceptors (Lipinski definition) is 4. The molecule has 0 aromatic carbocycles. The van der Waals surface area contributed by atoms with E-state index < -0.39 is 5.41 Å². The van der Waals surface area contributed by atoms with Gasteiger partial charge in [-0.1, -0.05) is 20.8 Å². The van der Waals surface area contributed by atoms with Crippen molar-refractivity contribution in [3.8, 4) is 5.82 Å². The highest BCUT2D eigenvalue weighted by Crippen LogP contribution is 2.25. The molecule has 0 unspecified atom stereocenters. The molecule has 19 heavy (non-hydrogen) atoms. The molecule has 2 rings (SSSR count). The molecule has 0 saturated carbocycles. The quantitative estimate of drug-likeness (QED) is 0.884. The lowest BCUT2D eigenvalue weighted by molar-refractivity contribution is -0.123. The summed E-state index contributed by atoms with van der Waals surface area (Å²) in [5.74, 6) is 0.556. The number of amides is 1. The van der Waals surface area contributed by atoms with Crippen molar-refractivity contribution in [1.82, 2.24) is 24.5 Å². The summed E-state index contributed by atoms with van der Waals surface area (Å²) in [4.78, 5) is 12.1. The molecule has 0 radical (unpaired) electrons. The van der Waals surface area contributed by atoms with Crippen molar-refractivity contribution in [3.63, 3.8) is 0 Å². The summed E-state index contributed by atoms with van der Waals surface area (Å²) in [5.41, 5.74) is 1.09. The van der Waals surface area contributed by atoms with Crippen molar-refractivity contribution in [2.45, 2.75) is 27.7 Å². The van der Waals surface area contributed by atoms with Gasteiger partial charge in [-0.2, -0.15) is 5.10 Å². The Morgan fingerprint density at radius 3 is 2.37 bits per heavy atom. The Morgan fingerprint density at radius 1 is 1.26 bits per heavy atom. The third kappa shape index (κ3) is 2.49. The topological polar surface area (TPSA) is 77.6 Å². The van der Waals surface area contributed by atoms with E-state index in [0.717, 1.165) is 5.69 Å². The van der Waals surface area contributed by atoms with Crippen LogP contribution in [0.25, 0.3) is 5.82 Å². The number of hydrogen-bond donors (Lipinski definition) is 1. The summed E-state index contributed by atoms with van der Waals surface area (Å²) < 4.78 is 3.39. The van der Waals surface area contributed by atoms with Gasteiger partial charge in [-0.15, -0.1) is 10.2 Å². The summed E-state index contributed by atoms with van der Waals surface area (Å²) in [6.45, 7) is 7.50. The largest absolute Gasteiger partial charge is 0.321 e. The van der Waals surface area contributed by atoms with E-state index in [1.54, 1.807) is 21.9 Å². The van der Waals surface area contributed by atoms with E-state index in [9.17, 15) is 4.79 Å². The fourth-order valence-electron chi connectivity index (χ4n) is 1.53. The normalized spacial score (nSPS) is 11.6. The Kier molecular flexibility index (Phi) is 3.13. The molecule has 0 fully saturated rings. The molecule has 0 aliphatic carbocycles. The van der Waals surface area contributed by atoms with E-state index in [0.29, 0.717) is 11.5 Å². The zero-order chi connectivity index (χ0) is 14.2. The van der Waals surface area contributed by atoms with Gasteiger partial charge in [-0.3, -0.25) is 14.0 Å². The molecule has 7 nitrogen and oxygen atoms in total. The Hall–Kier alpha value is -2.18. The zero-order valence-electron chi connectivity index (χ0n) is 11.8. The average molecular weight is 262 g/mol. The van der Waals surface area contributed by atoms with E-state index >= 15 is 0 Å². The number of aryl methyl sites for hydroxylation is 1. The maximum Gasteiger partial charge on any atom is 0.229 e. The number of carbonyl (C=O) groups is 1. The Bertz CT molecular complexity index is 591. The third-order valence-electron chi connectivity index (χ3n) is 2.90. The lowest BCUT2D eigenvalue weighted by Crippen LogP contribution is -2.28. The van der Waals surface area contributed by atoms with E-state index in [2.05, 4.69) is 20.6 Å². The predicted octanol–water partition coefficient (Wildman–Crippen LogP) is 1.29. The Balaban J connectivity index is 2.43. The molecule has 0 atom stereocenters. The summed E-state index contributed by atoms with van der Waals surface area (Å²) in [6.07, 6.45) is 3.10. The average Bonchev–Trinajstić information content (AvgIpc) is 2.91. The fourth-order valence-corrected chi connectivity index (χ4v) is 1.53. The maximum atomic E-state index is 12.1. The minimum absolute atomic E-state index is 0.0575. The van der Waals surface area contributed by atoms with Crippen LogP contribution in [-0.2, 0) is 11.8 Å². The van der Waals surface area contributed by atoms with Crippen molar-refractivity contribution in [3.05, 3.63) is 18.3 Å². The molecule has 2 aromatic rings. The summed E-state index contributed by atoms with van der Waals surface area (Å²) in [6, 6.07) is 0. The van der Waals surface area contributed by atoms with Gasteiger partial charge in [0.1, 0.15) is 18.3 Å². The lowest BCUT2D eigenvalue weighted by atomic mass is 9.95. The van der Waals surface area contributed by atoms with Crippen molar-refractivity contribution in [1.29, 1.82) is 0 Å². The van der Waals surface area contributed by atoms with Crippen molar-refractivity contribution < 1.29 is 4.79 Å². The van der Waals surface area contributed by atoms with Crippen molar-refractivity contribution in [2.75, 3.05) is 5.32 Å². The predicted molar refractivity (Wildman–Crippen MR) is 70.9 cm³/mol. The van der Waals surface area contributed by atoms with Crippen molar-refractivity contribution in [2.24, 2.45) is 12.5 Å². The molecule has 0 aliphatic rings. The molecule has 2 heterocycles. The van der Waals surface area contributed by atoms with Crippen LogP contribution in [0.4, 0.5) is 5.69 Å². The van der Waals surface area contributed by atoms with Gasteiger partial charge in [-0.05, 0) is 6.92 Å². The third-order valence-corrected chi connectivity index (χ3v) is 2.90. The number of carbonyl (C=O) groups excluding carboxylic acids is 1. The number of nitrogens with zero attached hydrogens (tertiary/aromatic N) is 5. The molecule has 102 valence electrons. The van der Waals surface area contributed by atoms with Crippen molar-refractivity contribution >= 4 is 11.6 Å². The van der Waals surface area contributed by atoms with Crippen LogP contribution in [0.3, 0.4) is 0 Å². The first-order valence-corrected chi connectivity index (χ1v) is 6.00. The van der Waals surface area contributed by atoms with Crippen LogP contribution < -0.4 is 5.32 Å². The minimum atomic E-state index is -0.466. The van der Waals surface area contributed by atoms with Crippen LogP contribution >= 0.6 is 0 Å². The first kappa shape index (κ1) is 13.3. The molecular weight excluding hydrogens is 244 g/mol. The SMILES string of the molecule is Cc1c(NC(=O)C(C)(C)C)c(-n2cnnc2)nn1C. The van der Waals surface area contributed by atoms with E-state index in [4.69, 9.17) is 0 Å². The monoisotopic (exact) mass is 262 g/mol. The molecule has 2 aromatic heterocycles. The summed E-state index contributed by atoms with van der Waals surface area (Å²) in [5, 5.41) is 14.8. The smallest absolute Gasteiger partial charge is 0.229 e. The van der Waals surface area contributed by atoms with Crippen LogP contribution in [-0.4, -0.2) is 30.5 Å². The van der Waals surface area contributed by atoms with E-state index in [1.807, 2.05) is 34.7 Å². The minimum Gasteiger partial charge on any atom is -0.321 e. The second kappa shape index (κ2) is 4.49. The molecule has 0 saturated heterocycles. The molecular formula is C12H18N6O. The number of aromatic nitrogens is 5. The van der Waals surface area contributed by atoms with Crippen LogP contribution in [0.2, 0.25) is 0 Å².